The molecule has 0 aliphatic rings. The number of aromatic nitrogens is 1. The Kier molecular flexibility index (Phi) is 4.30. The molecule has 0 radical (unpaired) electrons. The molecule has 2 aromatic carbocycles. The average Bonchev–Trinajstić information content (AvgIpc) is 2.60. The van der Waals surface area contributed by atoms with Crippen molar-refractivity contribution in [2.75, 3.05) is 14.2 Å². The predicted molar refractivity (Wildman–Crippen MR) is 91.0 cm³/mol. The molecule has 25 heavy (non-hydrogen) atoms. The Balaban J connectivity index is 0.00000182. The highest BCUT2D eigenvalue weighted by Crippen LogP contribution is 2.36. The minimum absolute atomic E-state index is 0. The average molecular weight is 402 g/mol. The second-order valence-electron chi connectivity index (χ2n) is 5.61. The summed E-state index contributed by atoms with van der Waals surface area (Å²) in [5, 5.41) is 23.8. The lowest BCUT2D eigenvalue weighted by molar-refractivity contribution is -0.509. The standard InChI is InChI=1S/C19H15NO4.BrH/c1-23-17-4-3-11-7-15-13-9-18(24-2)16(21)8-12(13)5-6-20(15)10-14(11)19(17)22;/h3-10H,1-2H3,(H,21,22);1H. The van der Waals surface area contributed by atoms with Crippen molar-refractivity contribution in [2.45, 2.75) is 0 Å². The molecule has 0 atom stereocenters. The third-order valence-corrected chi connectivity index (χ3v) is 4.31. The maximum Gasteiger partial charge on any atom is 0.219 e. The van der Waals surface area contributed by atoms with Gasteiger partial charge >= 0.3 is 0 Å². The summed E-state index contributed by atoms with van der Waals surface area (Å²) in [6.07, 6.45) is 3.75. The highest BCUT2D eigenvalue weighted by atomic mass is 79.9. The van der Waals surface area contributed by atoms with Crippen molar-refractivity contribution in [3.8, 4) is 23.0 Å². The van der Waals surface area contributed by atoms with Gasteiger partial charge in [0.15, 0.2) is 35.4 Å². The van der Waals surface area contributed by atoms with Gasteiger partial charge in [-0.3, -0.25) is 0 Å². The minimum atomic E-state index is 0. The maximum atomic E-state index is 10.3. The third kappa shape index (κ3) is 2.59. The van der Waals surface area contributed by atoms with E-state index in [1.165, 1.54) is 14.2 Å². The largest absolute Gasteiger partial charge is 1.00 e. The molecule has 0 saturated heterocycles. The number of fused-ring (bicyclic) bond motifs is 4. The predicted octanol–water partition coefficient (Wildman–Crippen LogP) is 0.164. The Bertz CT molecular complexity index is 1110. The highest BCUT2D eigenvalue weighted by molar-refractivity contribution is 6.00. The van der Waals surface area contributed by atoms with Gasteiger partial charge in [0, 0.05) is 12.1 Å². The van der Waals surface area contributed by atoms with Gasteiger partial charge in [-0.1, -0.05) is 0 Å². The molecule has 6 heteroatoms. The van der Waals surface area contributed by atoms with E-state index in [0.717, 1.165) is 21.7 Å². The van der Waals surface area contributed by atoms with Crippen molar-refractivity contribution in [2.24, 2.45) is 0 Å². The zero-order valence-electron chi connectivity index (χ0n) is 13.7. The molecular formula is C19H16BrNO4. The molecular weight excluding hydrogens is 386 g/mol. The van der Waals surface area contributed by atoms with Crippen molar-refractivity contribution in [1.29, 1.82) is 0 Å². The fraction of sp³-hybridized carbons (Fsp3) is 0.105. The molecule has 2 N–H and O–H groups in total. The topological polar surface area (TPSA) is 63.0 Å². The smallest absolute Gasteiger partial charge is 0.219 e. The highest BCUT2D eigenvalue weighted by Gasteiger charge is 2.16. The summed E-state index contributed by atoms with van der Waals surface area (Å²) in [5.41, 5.74) is 0.947. The van der Waals surface area contributed by atoms with Crippen LogP contribution in [0.5, 0.6) is 23.0 Å². The number of rotatable bonds is 2. The Labute approximate surface area is 154 Å². The van der Waals surface area contributed by atoms with Crippen molar-refractivity contribution in [3.63, 3.8) is 0 Å². The van der Waals surface area contributed by atoms with Crippen molar-refractivity contribution < 1.29 is 41.1 Å². The van der Waals surface area contributed by atoms with Gasteiger partial charge < -0.3 is 36.7 Å². The first kappa shape index (κ1) is 17.1. The maximum absolute atomic E-state index is 10.3. The van der Waals surface area contributed by atoms with Gasteiger partial charge in [-0.25, -0.2) is 0 Å². The third-order valence-electron chi connectivity index (χ3n) is 4.31. The first-order valence-electron chi connectivity index (χ1n) is 7.47. The minimum Gasteiger partial charge on any atom is -1.00 e. The zero-order valence-corrected chi connectivity index (χ0v) is 15.2. The lowest BCUT2D eigenvalue weighted by Gasteiger charge is -2.08. The summed E-state index contributed by atoms with van der Waals surface area (Å²) in [5.74, 6) is 1.09. The number of phenols is 2. The lowest BCUT2D eigenvalue weighted by atomic mass is 10.1. The van der Waals surface area contributed by atoms with Gasteiger partial charge in [-0.2, -0.15) is 4.40 Å². The van der Waals surface area contributed by atoms with E-state index < -0.39 is 0 Å². The summed E-state index contributed by atoms with van der Waals surface area (Å²) >= 11 is 0. The van der Waals surface area contributed by atoms with Crippen LogP contribution in [-0.4, -0.2) is 24.4 Å². The molecule has 0 amide bonds. The normalized spacial score (nSPS) is 10.8. The number of methoxy groups -OCH3 is 2. The Morgan fingerprint density at radius 2 is 1.56 bits per heavy atom. The van der Waals surface area contributed by atoms with Gasteiger partial charge in [-0.05, 0) is 35.0 Å². The number of pyridine rings is 2. The summed E-state index contributed by atoms with van der Waals surface area (Å²) in [6, 6.07) is 11.0. The molecule has 2 heterocycles. The summed E-state index contributed by atoms with van der Waals surface area (Å²) in [6.45, 7) is 0. The van der Waals surface area contributed by atoms with Crippen LogP contribution in [0.2, 0.25) is 0 Å². The van der Waals surface area contributed by atoms with Gasteiger partial charge in [0.05, 0.1) is 25.0 Å². The van der Waals surface area contributed by atoms with Crippen LogP contribution >= 0.6 is 0 Å². The molecule has 2 aromatic heterocycles. The van der Waals surface area contributed by atoms with Crippen LogP contribution in [0, 0.1) is 0 Å². The van der Waals surface area contributed by atoms with Crippen LogP contribution < -0.4 is 30.9 Å². The van der Waals surface area contributed by atoms with Gasteiger partial charge in [0.2, 0.25) is 5.52 Å². The summed E-state index contributed by atoms with van der Waals surface area (Å²) < 4.78 is 12.3. The summed E-state index contributed by atoms with van der Waals surface area (Å²) in [7, 11) is 3.06. The Hall–Kier alpha value is -2.73. The molecule has 4 aromatic rings. The SMILES string of the molecule is COc1cc2c(cc[n+]3cc4c(O)c(OC)ccc4cc23)cc1O.[Br-]. The van der Waals surface area contributed by atoms with Crippen molar-refractivity contribution >= 4 is 27.1 Å². The molecule has 0 bridgehead atoms. The number of phenolic OH excluding ortho intramolecular Hbond substituents is 2. The van der Waals surface area contributed by atoms with E-state index >= 15 is 0 Å². The quantitative estimate of drug-likeness (QED) is 0.285. The second kappa shape index (κ2) is 6.29. The molecule has 0 spiro atoms. The van der Waals surface area contributed by atoms with Crippen molar-refractivity contribution in [1.82, 2.24) is 0 Å². The Morgan fingerprint density at radius 1 is 0.840 bits per heavy atom. The second-order valence-corrected chi connectivity index (χ2v) is 5.61. The van der Waals surface area contributed by atoms with E-state index in [0.29, 0.717) is 16.9 Å². The van der Waals surface area contributed by atoms with Gasteiger partial charge in [0.1, 0.15) is 0 Å². The van der Waals surface area contributed by atoms with Crippen LogP contribution in [0.25, 0.3) is 27.1 Å². The Morgan fingerprint density at radius 3 is 2.28 bits per heavy atom. The molecule has 0 aliphatic heterocycles. The molecule has 0 fully saturated rings. The first-order valence-corrected chi connectivity index (χ1v) is 7.47. The monoisotopic (exact) mass is 401 g/mol. The number of nitrogens with zero attached hydrogens (tertiary/aromatic N) is 1. The number of aromatic hydroxyl groups is 2. The van der Waals surface area contributed by atoms with Gasteiger partial charge in [-0.15, -0.1) is 0 Å². The number of hydrogen-bond acceptors (Lipinski definition) is 4. The number of halogens is 1. The van der Waals surface area contributed by atoms with Crippen LogP contribution in [0.4, 0.5) is 0 Å². The number of ether oxygens (including phenoxy) is 2. The fourth-order valence-corrected chi connectivity index (χ4v) is 3.07. The molecule has 5 nitrogen and oxygen atoms in total. The van der Waals surface area contributed by atoms with Crippen molar-refractivity contribution in [3.05, 3.63) is 48.8 Å². The van der Waals surface area contributed by atoms with E-state index in [4.69, 9.17) is 9.47 Å². The lowest BCUT2D eigenvalue weighted by Crippen LogP contribution is -3.00. The molecule has 0 aliphatic carbocycles. The van der Waals surface area contributed by atoms with E-state index in [1.54, 1.807) is 12.1 Å². The fourth-order valence-electron chi connectivity index (χ4n) is 3.07. The van der Waals surface area contributed by atoms with E-state index in [9.17, 15) is 10.2 Å². The molecule has 128 valence electrons. The summed E-state index contributed by atoms with van der Waals surface area (Å²) in [4.78, 5) is 0. The number of benzene rings is 2. The van der Waals surface area contributed by atoms with E-state index in [-0.39, 0.29) is 28.5 Å². The van der Waals surface area contributed by atoms with Crippen LogP contribution in [0.15, 0.2) is 48.8 Å². The zero-order chi connectivity index (χ0) is 16.8. The van der Waals surface area contributed by atoms with E-state index in [2.05, 4.69) is 0 Å². The molecule has 0 unspecified atom stereocenters. The number of hydrogen-bond donors (Lipinski definition) is 2. The van der Waals surface area contributed by atoms with Crippen LogP contribution in [0.1, 0.15) is 0 Å². The first-order chi connectivity index (χ1) is 11.6. The van der Waals surface area contributed by atoms with Crippen LogP contribution in [0.3, 0.4) is 0 Å². The van der Waals surface area contributed by atoms with Gasteiger partial charge in [0.25, 0.3) is 0 Å². The molecule has 0 saturated carbocycles. The van der Waals surface area contributed by atoms with Crippen LogP contribution in [-0.2, 0) is 0 Å². The molecule has 4 rings (SSSR count). The van der Waals surface area contributed by atoms with E-state index in [1.807, 2.05) is 41.1 Å².